The Bertz CT molecular complexity index is 1670. The number of amides is 1. The summed E-state index contributed by atoms with van der Waals surface area (Å²) in [5.41, 5.74) is 2.88. The summed E-state index contributed by atoms with van der Waals surface area (Å²) in [4.78, 5) is 27.7. The van der Waals surface area contributed by atoms with Crippen LogP contribution >= 0.6 is 0 Å². The summed E-state index contributed by atoms with van der Waals surface area (Å²) < 4.78 is 37.5. The quantitative estimate of drug-likeness (QED) is 0.368. The number of carbonyl (C=O) groups is 1. The van der Waals surface area contributed by atoms with E-state index in [9.17, 15) is 14.4 Å². The molecule has 0 spiro atoms. The fraction of sp³-hybridized carbons (Fsp3) is 0.455. The summed E-state index contributed by atoms with van der Waals surface area (Å²) in [5.74, 6) is 0.274. The first-order valence-corrected chi connectivity index (χ1v) is 15.1. The van der Waals surface area contributed by atoms with Crippen LogP contribution in [0.3, 0.4) is 0 Å². The van der Waals surface area contributed by atoms with Crippen molar-refractivity contribution in [3.05, 3.63) is 59.7 Å². The lowest BCUT2D eigenvalue weighted by molar-refractivity contribution is -0.128. The predicted molar refractivity (Wildman–Crippen MR) is 159 cm³/mol. The Kier molecular flexibility index (Phi) is 7.01. The lowest BCUT2D eigenvalue weighted by Crippen LogP contribution is -2.55. The average molecular weight is 585 g/mol. The number of likely N-dealkylation sites (N-methyl/N-ethyl adjacent to an activating group) is 1. The molecule has 222 valence electrons. The molecule has 2 aliphatic carbocycles. The van der Waals surface area contributed by atoms with Gasteiger partial charge in [-0.1, -0.05) is 18.7 Å². The van der Waals surface area contributed by atoms with Crippen molar-refractivity contribution in [3.63, 3.8) is 0 Å². The zero-order chi connectivity index (χ0) is 29.8. The van der Waals surface area contributed by atoms with E-state index in [1.807, 2.05) is 11.0 Å². The first-order valence-electron chi connectivity index (χ1n) is 15.1. The normalized spacial score (nSPS) is 24.5. The molecule has 10 heteroatoms. The highest BCUT2D eigenvalue weighted by molar-refractivity contribution is 5.94. The van der Waals surface area contributed by atoms with Gasteiger partial charge in [0.2, 0.25) is 5.91 Å². The molecule has 1 aromatic heterocycles. The fourth-order valence-corrected chi connectivity index (χ4v) is 7.33. The molecule has 3 heterocycles. The third kappa shape index (κ3) is 4.80. The van der Waals surface area contributed by atoms with Crippen molar-refractivity contribution in [1.82, 2.24) is 19.8 Å². The Balaban J connectivity index is 1.30. The third-order valence-electron chi connectivity index (χ3n) is 9.76. The summed E-state index contributed by atoms with van der Waals surface area (Å²) in [6, 6.07) is 8.82. The predicted octanol–water partition coefficient (Wildman–Crippen LogP) is 4.82. The van der Waals surface area contributed by atoms with Crippen molar-refractivity contribution in [3.8, 4) is 23.2 Å². The number of anilines is 1. The first-order chi connectivity index (χ1) is 20.9. The molecule has 43 heavy (non-hydrogen) atoms. The molecule has 1 amide bonds. The van der Waals surface area contributed by atoms with Crippen molar-refractivity contribution < 1.29 is 18.3 Å². The molecule has 3 aromatic rings. The largest absolute Gasteiger partial charge is 0.462 e. The Morgan fingerprint density at radius 3 is 2.77 bits per heavy atom. The average Bonchev–Trinajstić information content (AvgIpc) is 3.47. The van der Waals surface area contributed by atoms with E-state index < -0.39 is 5.82 Å². The molecule has 0 N–H and O–H groups in total. The highest BCUT2D eigenvalue weighted by Gasteiger charge is 2.47. The minimum absolute atomic E-state index is 0.0888. The lowest BCUT2D eigenvalue weighted by Gasteiger charge is -2.41. The van der Waals surface area contributed by atoms with Crippen molar-refractivity contribution >= 4 is 22.6 Å². The van der Waals surface area contributed by atoms with Crippen LogP contribution in [0.2, 0.25) is 0 Å². The van der Waals surface area contributed by atoms with Gasteiger partial charge in [0, 0.05) is 36.6 Å². The van der Waals surface area contributed by atoms with Crippen LogP contribution in [0.15, 0.2) is 36.9 Å². The Labute approximate surface area is 249 Å². The second-order valence-electron chi connectivity index (χ2n) is 12.2. The number of hydrogen-bond acceptors (Lipinski definition) is 7. The maximum atomic E-state index is 16.6. The van der Waals surface area contributed by atoms with Crippen LogP contribution < -0.4 is 9.64 Å². The van der Waals surface area contributed by atoms with E-state index in [4.69, 9.17) is 9.72 Å². The molecular formula is C33H34F2N6O2. The molecule has 0 unspecified atom stereocenters. The Morgan fingerprint density at radius 1 is 1.16 bits per heavy atom. The van der Waals surface area contributed by atoms with Crippen LogP contribution in [-0.2, 0) is 11.2 Å². The monoisotopic (exact) mass is 584 g/mol. The summed E-state index contributed by atoms with van der Waals surface area (Å²) in [5, 5.41) is 10.0. The Hall–Kier alpha value is -4.10. The lowest BCUT2D eigenvalue weighted by atomic mass is 9.93. The van der Waals surface area contributed by atoms with Crippen LogP contribution in [0.25, 0.3) is 22.0 Å². The SMILES string of the molecule is C=CC(=O)N1CCN(c2nc(OC[C@@H]3CCCN3C)nc3c(F)c(-c4ccc(F)c5c4C[C@H]4C[C@@H]54)ccc23)C[C@@H]1CC#N. The van der Waals surface area contributed by atoms with E-state index in [0.717, 1.165) is 43.4 Å². The molecule has 2 saturated heterocycles. The molecule has 4 aliphatic rings. The van der Waals surface area contributed by atoms with E-state index in [1.54, 1.807) is 17.0 Å². The standard InChI is InChI=1S/C33H34F2N6O2/c1-3-28(42)41-14-13-40(17-20(41)10-11-36)32-24-7-6-23(22-8-9-27(34)29-25-15-19(25)16-26(22)29)30(35)31(24)37-33(38-32)43-18-21-5-4-12-39(21)2/h3,6-9,19-21,25H,1,4-5,10,12-18H2,2H3/t19-,20+,21+,25-/m1/s1. The molecule has 4 atom stereocenters. The first kappa shape index (κ1) is 27.7. The number of rotatable bonds is 7. The molecule has 2 aromatic carbocycles. The zero-order valence-electron chi connectivity index (χ0n) is 24.2. The number of nitrogens with zero attached hydrogens (tertiary/aromatic N) is 6. The van der Waals surface area contributed by atoms with E-state index in [1.165, 1.54) is 12.1 Å². The maximum Gasteiger partial charge on any atom is 0.319 e. The van der Waals surface area contributed by atoms with Gasteiger partial charge in [-0.3, -0.25) is 4.79 Å². The summed E-state index contributed by atoms with van der Waals surface area (Å²) in [7, 11) is 2.06. The van der Waals surface area contributed by atoms with E-state index >= 15 is 4.39 Å². The minimum Gasteiger partial charge on any atom is -0.462 e. The molecule has 2 aliphatic heterocycles. The highest BCUT2D eigenvalue weighted by Crippen LogP contribution is 2.58. The van der Waals surface area contributed by atoms with Crippen LogP contribution in [0.1, 0.15) is 42.7 Å². The number of halogens is 2. The molecule has 8 nitrogen and oxygen atoms in total. The van der Waals surface area contributed by atoms with Crippen LogP contribution in [0.5, 0.6) is 6.01 Å². The van der Waals surface area contributed by atoms with Gasteiger partial charge in [0.15, 0.2) is 5.82 Å². The number of piperazine rings is 1. The van der Waals surface area contributed by atoms with Gasteiger partial charge in [-0.25, -0.2) is 8.78 Å². The third-order valence-corrected chi connectivity index (χ3v) is 9.76. The molecule has 1 saturated carbocycles. The molecule has 3 fully saturated rings. The summed E-state index contributed by atoms with van der Waals surface area (Å²) in [6.07, 6.45) is 5.26. The number of likely N-dealkylation sites (tertiary alicyclic amines) is 1. The maximum absolute atomic E-state index is 16.6. The minimum atomic E-state index is -0.493. The topological polar surface area (TPSA) is 85.6 Å². The van der Waals surface area contributed by atoms with Crippen molar-refractivity contribution in [2.45, 2.75) is 50.1 Å². The second kappa shape index (κ2) is 10.9. The van der Waals surface area contributed by atoms with Gasteiger partial charge in [-0.15, -0.1) is 0 Å². The zero-order valence-corrected chi connectivity index (χ0v) is 24.2. The van der Waals surface area contributed by atoms with Crippen molar-refractivity contribution in [2.75, 3.05) is 44.7 Å². The Morgan fingerprint density at radius 2 is 2.00 bits per heavy atom. The summed E-state index contributed by atoms with van der Waals surface area (Å²) >= 11 is 0. The fourth-order valence-electron chi connectivity index (χ4n) is 7.33. The number of nitriles is 1. The van der Waals surface area contributed by atoms with Crippen molar-refractivity contribution in [2.24, 2.45) is 5.92 Å². The van der Waals surface area contributed by atoms with Gasteiger partial charge in [-0.2, -0.15) is 15.2 Å². The highest BCUT2D eigenvalue weighted by atomic mass is 19.1. The molecule has 0 radical (unpaired) electrons. The van der Waals surface area contributed by atoms with E-state index in [0.29, 0.717) is 54.5 Å². The van der Waals surface area contributed by atoms with Gasteiger partial charge < -0.3 is 19.4 Å². The number of hydrogen-bond donors (Lipinski definition) is 0. The van der Waals surface area contributed by atoms with Gasteiger partial charge in [0.1, 0.15) is 23.8 Å². The van der Waals surface area contributed by atoms with Crippen LogP contribution in [0, 0.1) is 28.9 Å². The smallest absolute Gasteiger partial charge is 0.319 e. The van der Waals surface area contributed by atoms with Crippen LogP contribution in [0.4, 0.5) is 14.6 Å². The number of ether oxygens (including phenoxy) is 1. The molecule has 7 rings (SSSR count). The van der Waals surface area contributed by atoms with Gasteiger partial charge in [0.25, 0.3) is 0 Å². The van der Waals surface area contributed by atoms with Gasteiger partial charge in [-0.05, 0) is 86.0 Å². The van der Waals surface area contributed by atoms with Crippen molar-refractivity contribution in [1.29, 1.82) is 5.26 Å². The van der Waals surface area contributed by atoms with E-state index in [-0.39, 0.29) is 47.7 Å². The molecular weight excluding hydrogens is 550 g/mol. The summed E-state index contributed by atoms with van der Waals surface area (Å²) in [6.45, 7) is 6.14. The van der Waals surface area contributed by atoms with Gasteiger partial charge >= 0.3 is 6.01 Å². The number of aromatic nitrogens is 2. The second-order valence-corrected chi connectivity index (χ2v) is 12.2. The van der Waals surface area contributed by atoms with Crippen LogP contribution in [-0.4, -0.2) is 77.6 Å². The number of carbonyl (C=O) groups excluding carboxylic acids is 1. The van der Waals surface area contributed by atoms with E-state index in [2.05, 4.69) is 29.6 Å². The number of benzene rings is 2. The molecule has 0 bridgehead atoms. The number of fused-ring (bicyclic) bond motifs is 4. The van der Waals surface area contributed by atoms with Gasteiger partial charge in [0.05, 0.1) is 18.5 Å².